The lowest BCUT2D eigenvalue weighted by atomic mass is 10.2. The van der Waals surface area contributed by atoms with Gasteiger partial charge in [0.2, 0.25) is 0 Å². The third kappa shape index (κ3) is 4.80. The van der Waals surface area contributed by atoms with E-state index in [9.17, 15) is 9.59 Å². The average molecular weight is 380 g/mol. The van der Waals surface area contributed by atoms with E-state index in [-0.39, 0.29) is 11.5 Å². The van der Waals surface area contributed by atoms with Crippen molar-refractivity contribution in [2.45, 2.75) is 11.4 Å². The summed E-state index contributed by atoms with van der Waals surface area (Å²) in [5.74, 6) is 0.503. The molecule has 1 N–H and O–H groups in total. The van der Waals surface area contributed by atoms with Crippen molar-refractivity contribution in [1.82, 2.24) is 4.57 Å². The second-order valence-electron chi connectivity index (χ2n) is 5.92. The van der Waals surface area contributed by atoms with Gasteiger partial charge in [-0.2, -0.15) is 0 Å². The minimum Gasteiger partial charge on any atom is -0.497 e. The Morgan fingerprint density at radius 1 is 1.11 bits per heavy atom. The van der Waals surface area contributed by atoms with Gasteiger partial charge in [0, 0.05) is 22.8 Å². The number of methoxy groups -OCH3 is 1. The van der Waals surface area contributed by atoms with Crippen LogP contribution >= 0.6 is 11.8 Å². The number of aromatic nitrogens is 1. The lowest BCUT2D eigenvalue weighted by Gasteiger charge is -2.10. The molecule has 6 heteroatoms. The molecule has 138 valence electrons. The third-order valence-electron chi connectivity index (χ3n) is 4.09. The Balaban J connectivity index is 1.79. The van der Waals surface area contributed by atoms with Gasteiger partial charge in [0.15, 0.2) is 0 Å². The van der Waals surface area contributed by atoms with Gasteiger partial charge in [0.1, 0.15) is 5.75 Å². The summed E-state index contributed by atoms with van der Waals surface area (Å²) in [6.45, 7) is 0.381. The molecule has 0 bridgehead atoms. The molecule has 1 amide bonds. The van der Waals surface area contributed by atoms with E-state index in [1.165, 1.54) is 10.6 Å². The average Bonchev–Trinajstić information content (AvgIpc) is 2.70. The normalized spacial score (nSPS) is 10.4. The van der Waals surface area contributed by atoms with Crippen LogP contribution in [-0.2, 0) is 6.54 Å². The van der Waals surface area contributed by atoms with Crippen LogP contribution in [0.3, 0.4) is 0 Å². The van der Waals surface area contributed by atoms with Gasteiger partial charge in [-0.05, 0) is 48.2 Å². The molecule has 3 rings (SSSR count). The maximum Gasteiger partial charge on any atom is 0.257 e. The summed E-state index contributed by atoms with van der Waals surface area (Å²) in [5.41, 5.74) is 1.94. The standard InChI is InChI=1S/C21H20N2O3S/c1-26-18-9-6-15(7-10-18)13-23-14-16(8-11-20(23)24)21(25)22-17-4-3-5-19(12-17)27-2/h3-12,14H,13H2,1-2H3,(H,22,25). The number of hydrogen-bond donors (Lipinski definition) is 1. The van der Waals surface area contributed by atoms with Gasteiger partial charge >= 0.3 is 0 Å². The molecule has 0 unspecified atom stereocenters. The smallest absolute Gasteiger partial charge is 0.257 e. The quantitative estimate of drug-likeness (QED) is 0.660. The molecule has 0 saturated carbocycles. The lowest BCUT2D eigenvalue weighted by molar-refractivity contribution is 0.102. The van der Waals surface area contributed by atoms with Crippen molar-refractivity contribution in [3.05, 3.63) is 88.3 Å². The molecule has 0 aliphatic carbocycles. The predicted octanol–water partition coefficient (Wildman–Crippen LogP) is 3.88. The van der Waals surface area contributed by atoms with E-state index in [2.05, 4.69) is 5.32 Å². The molecule has 0 radical (unpaired) electrons. The number of thioether (sulfide) groups is 1. The Kier molecular flexibility index (Phi) is 5.98. The summed E-state index contributed by atoms with van der Waals surface area (Å²) >= 11 is 1.61. The fourth-order valence-electron chi connectivity index (χ4n) is 2.62. The minimum absolute atomic E-state index is 0.160. The Labute approximate surface area is 162 Å². The SMILES string of the molecule is COc1ccc(Cn2cc(C(=O)Nc3cccc(SC)c3)ccc2=O)cc1. The highest BCUT2D eigenvalue weighted by Gasteiger charge is 2.09. The van der Waals surface area contributed by atoms with Crippen LogP contribution in [-0.4, -0.2) is 23.8 Å². The number of hydrogen-bond acceptors (Lipinski definition) is 4. The number of benzene rings is 2. The molecule has 1 heterocycles. The van der Waals surface area contributed by atoms with Crippen molar-refractivity contribution < 1.29 is 9.53 Å². The maximum absolute atomic E-state index is 12.6. The summed E-state index contributed by atoms with van der Waals surface area (Å²) in [6.07, 6.45) is 3.57. The van der Waals surface area contributed by atoms with Crippen LogP contribution in [0, 0.1) is 0 Å². The van der Waals surface area contributed by atoms with Crippen LogP contribution in [0.4, 0.5) is 5.69 Å². The Morgan fingerprint density at radius 3 is 2.59 bits per heavy atom. The van der Waals surface area contributed by atoms with Gasteiger partial charge in [-0.15, -0.1) is 11.8 Å². The zero-order chi connectivity index (χ0) is 19.2. The van der Waals surface area contributed by atoms with Crippen molar-refractivity contribution in [3.8, 4) is 5.75 Å². The second kappa shape index (κ2) is 8.60. The third-order valence-corrected chi connectivity index (χ3v) is 4.81. The molecule has 0 spiro atoms. The van der Waals surface area contributed by atoms with Crippen molar-refractivity contribution >= 4 is 23.4 Å². The highest BCUT2D eigenvalue weighted by Crippen LogP contribution is 2.19. The summed E-state index contributed by atoms with van der Waals surface area (Å²) in [6, 6.07) is 18.1. The van der Waals surface area contributed by atoms with E-state index in [0.29, 0.717) is 12.1 Å². The molecule has 0 fully saturated rings. The number of carbonyl (C=O) groups excluding carboxylic acids is 1. The molecule has 0 aliphatic rings. The van der Waals surface area contributed by atoms with Gasteiger partial charge in [-0.3, -0.25) is 9.59 Å². The minimum atomic E-state index is -0.253. The van der Waals surface area contributed by atoms with Crippen LogP contribution in [0.25, 0.3) is 0 Å². The predicted molar refractivity (Wildman–Crippen MR) is 109 cm³/mol. The van der Waals surface area contributed by atoms with Crippen molar-refractivity contribution in [2.24, 2.45) is 0 Å². The van der Waals surface area contributed by atoms with Crippen LogP contribution in [0.1, 0.15) is 15.9 Å². The van der Waals surface area contributed by atoms with Crippen molar-refractivity contribution in [2.75, 3.05) is 18.7 Å². The largest absolute Gasteiger partial charge is 0.497 e. The number of nitrogens with one attached hydrogen (secondary N) is 1. The highest BCUT2D eigenvalue weighted by atomic mass is 32.2. The molecule has 0 saturated heterocycles. The van der Waals surface area contributed by atoms with Gasteiger partial charge < -0.3 is 14.6 Å². The first-order chi connectivity index (χ1) is 13.1. The zero-order valence-corrected chi connectivity index (χ0v) is 16.0. The molecular weight excluding hydrogens is 360 g/mol. The Hall–Kier alpha value is -2.99. The van der Waals surface area contributed by atoms with E-state index in [0.717, 1.165) is 21.9 Å². The van der Waals surface area contributed by atoms with E-state index in [1.54, 1.807) is 31.1 Å². The number of pyridine rings is 1. The summed E-state index contributed by atoms with van der Waals surface area (Å²) < 4.78 is 6.67. The Morgan fingerprint density at radius 2 is 1.89 bits per heavy atom. The molecule has 0 aliphatic heterocycles. The van der Waals surface area contributed by atoms with Crippen LogP contribution in [0.2, 0.25) is 0 Å². The number of ether oxygens (including phenoxy) is 1. The first kappa shape index (κ1) is 18.8. The van der Waals surface area contributed by atoms with Crippen LogP contribution < -0.4 is 15.6 Å². The number of nitrogens with zero attached hydrogens (tertiary/aromatic N) is 1. The molecule has 27 heavy (non-hydrogen) atoms. The molecule has 2 aromatic carbocycles. The summed E-state index contributed by atoms with van der Waals surface area (Å²) in [7, 11) is 1.61. The van der Waals surface area contributed by atoms with Crippen molar-refractivity contribution in [3.63, 3.8) is 0 Å². The fraction of sp³-hybridized carbons (Fsp3) is 0.143. The van der Waals surface area contributed by atoms with Gasteiger partial charge in [0.25, 0.3) is 11.5 Å². The van der Waals surface area contributed by atoms with Gasteiger partial charge in [0.05, 0.1) is 19.2 Å². The Bertz CT molecular complexity index is 997. The number of amides is 1. The fourth-order valence-corrected chi connectivity index (χ4v) is 3.08. The molecule has 3 aromatic rings. The van der Waals surface area contributed by atoms with E-state index >= 15 is 0 Å². The summed E-state index contributed by atoms with van der Waals surface area (Å²) in [5, 5.41) is 2.87. The number of anilines is 1. The van der Waals surface area contributed by atoms with E-state index in [1.807, 2.05) is 54.8 Å². The topological polar surface area (TPSA) is 60.3 Å². The highest BCUT2D eigenvalue weighted by molar-refractivity contribution is 7.98. The summed E-state index contributed by atoms with van der Waals surface area (Å²) in [4.78, 5) is 25.8. The maximum atomic E-state index is 12.6. The van der Waals surface area contributed by atoms with E-state index in [4.69, 9.17) is 4.74 Å². The monoisotopic (exact) mass is 380 g/mol. The first-order valence-electron chi connectivity index (χ1n) is 8.38. The molecule has 1 aromatic heterocycles. The molecular formula is C21H20N2O3S. The molecule has 0 atom stereocenters. The molecule has 5 nitrogen and oxygen atoms in total. The number of rotatable bonds is 6. The van der Waals surface area contributed by atoms with Crippen LogP contribution in [0.5, 0.6) is 5.75 Å². The lowest BCUT2D eigenvalue weighted by Crippen LogP contribution is -2.22. The van der Waals surface area contributed by atoms with Gasteiger partial charge in [-0.25, -0.2) is 0 Å². The zero-order valence-electron chi connectivity index (χ0n) is 15.1. The number of carbonyl (C=O) groups is 1. The first-order valence-corrected chi connectivity index (χ1v) is 9.60. The van der Waals surface area contributed by atoms with Crippen LogP contribution in [0.15, 0.2) is 76.6 Å². The van der Waals surface area contributed by atoms with E-state index < -0.39 is 0 Å². The van der Waals surface area contributed by atoms with Crippen molar-refractivity contribution in [1.29, 1.82) is 0 Å². The second-order valence-corrected chi connectivity index (χ2v) is 6.80. The van der Waals surface area contributed by atoms with Gasteiger partial charge in [-0.1, -0.05) is 18.2 Å².